The molecule has 0 aliphatic heterocycles. The summed E-state index contributed by atoms with van der Waals surface area (Å²) in [5, 5.41) is 2.92. The number of ether oxygens (including phenoxy) is 1. The van der Waals surface area contributed by atoms with E-state index in [0.717, 1.165) is 34.5 Å². The molecule has 27 heavy (non-hydrogen) atoms. The first-order chi connectivity index (χ1) is 12.9. The number of nitrogens with one attached hydrogen (secondary N) is 1. The minimum Gasteiger partial charge on any atom is -0.497 e. The van der Waals surface area contributed by atoms with Crippen LogP contribution in [0.4, 0.5) is 5.69 Å². The van der Waals surface area contributed by atoms with Crippen LogP contribution in [0.5, 0.6) is 5.75 Å². The third-order valence-electron chi connectivity index (χ3n) is 4.70. The van der Waals surface area contributed by atoms with E-state index < -0.39 is 0 Å². The summed E-state index contributed by atoms with van der Waals surface area (Å²) in [6, 6.07) is 13.7. The molecule has 0 saturated carbocycles. The maximum absolute atomic E-state index is 12.2. The van der Waals surface area contributed by atoms with Gasteiger partial charge in [0.2, 0.25) is 11.8 Å². The average molecular weight is 368 g/mol. The molecule has 2 aromatic rings. The highest BCUT2D eigenvalue weighted by Crippen LogP contribution is 2.23. The number of aryl methyl sites for hydroxylation is 1. The van der Waals surface area contributed by atoms with Crippen molar-refractivity contribution in [2.75, 3.05) is 25.1 Å². The van der Waals surface area contributed by atoms with Gasteiger partial charge in [0.1, 0.15) is 5.75 Å². The number of benzene rings is 2. The van der Waals surface area contributed by atoms with Crippen LogP contribution in [0.1, 0.15) is 30.0 Å². The number of rotatable bonds is 8. The van der Waals surface area contributed by atoms with Gasteiger partial charge >= 0.3 is 0 Å². The quantitative estimate of drug-likeness (QED) is 0.777. The molecule has 2 aromatic carbocycles. The minimum atomic E-state index is -0.0604. The zero-order valence-corrected chi connectivity index (χ0v) is 16.5. The SMILES string of the molecule is COc1ccc(CCNC(=O)CCN(C(C)=O)c2cccc(C)c2C)cc1. The predicted molar refractivity (Wildman–Crippen MR) is 108 cm³/mol. The van der Waals surface area contributed by atoms with Gasteiger partial charge in [-0.1, -0.05) is 24.3 Å². The highest BCUT2D eigenvalue weighted by molar-refractivity contribution is 5.93. The van der Waals surface area contributed by atoms with Crippen LogP contribution in [-0.4, -0.2) is 32.0 Å². The fraction of sp³-hybridized carbons (Fsp3) is 0.364. The van der Waals surface area contributed by atoms with E-state index in [2.05, 4.69) is 5.32 Å². The molecule has 0 spiro atoms. The Balaban J connectivity index is 1.85. The Bertz CT molecular complexity index is 785. The monoisotopic (exact) mass is 368 g/mol. The van der Waals surface area contributed by atoms with Crippen molar-refractivity contribution in [3.05, 3.63) is 59.2 Å². The van der Waals surface area contributed by atoms with Crippen LogP contribution in [-0.2, 0) is 16.0 Å². The minimum absolute atomic E-state index is 0.0555. The van der Waals surface area contributed by atoms with E-state index in [9.17, 15) is 9.59 Å². The zero-order chi connectivity index (χ0) is 19.8. The summed E-state index contributed by atoms with van der Waals surface area (Å²) in [7, 11) is 1.64. The number of amides is 2. The van der Waals surface area contributed by atoms with Crippen LogP contribution >= 0.6 is 0 Å². The zero-order valence-electron chi connectivity index (χ0n) is 16.5. The van der Waals surface area contributed by atoms with E-state index in [1.807, 2.05) is 56.3 Å². The Kier molecular flexibility index (Phi) is 7.41. The third-order valence-corrected chi connectivity index (χ3v) is 4.70. The molecule has 0 aliphatic rings. The lowest BCUT2D eigenvalue weighted by Crippen LogP contribution is -2.34. The molecule has 144 valence electrons. The first-order valence-corrected chi connectivity index (χ1v) is 9.16. The Morgan fingerprint density at radius 3 is 2.41 bits per heavy atom. The summed E-state index contributed by atoms with van der Waals surface area (Å²) in [5.41, 5.74) is 4.20. The fourth-order valence-electron chi connectivity index (χ4n) is 2.92. The number of nitrogens with zero attached hydrogens (tertiary/aromatic N) is 1. The molecule has 0 aliphatic carbocycles. The smallest absolute Gasteiger partial charge is 0.223 e. The second-order valence-electron chi connectivity index (χ2n) is 6.59. The molecule has 0 saturated heterocycles. The van der Waals surface area contributed by atoms with Crippen LogP contribution in [0.2, 0.25) is 0 Å². The number of hydrogen-bond acceptors (Lipinski definition) is 3. The summed E-state index contributed by atoms with van der Waals surface area (Å²) in [6.45, 7) is 6.48. The highest BCUT2D eigenvalue weighted by Gasteiger charge is 2.16. The first kappa shape index (κ1) is 20.5. The van der Waals surface area contributed by atoms with Gasteiger partial charge < -0.3 is 15.0 Å². The topological polar surface area (TPSA) is 58.6 Å². The molecule has 5 heteroatoms. The number of anilines is 1. The number of carbonyl (C=O) groups excluding carboxylic acids is 2. The molecule has 1 N–H and O–H groups in total. The Hall–Kier alpha value is -2.82. The second kappa shape index (κ2) is 9.76. The number of methoxy groups -OCH3 is 1. The Morgan fingerprint density at radius 1 is 1.07 bits per heavy atom. The van der Waals surface area contributed by atoms with Crippen molar-refractivity contribution in [2.45, 2.75) is 33.6 Å². The Labute approximate surface area is 161 Å². The molecule has 0 heterocycles. The highest BCUT2D eigenvalue weighted by atomic mass is 16.5. The molecule has 0 unspecified atom stereocenters. The number of carbonyl (C=O) groups is 2. The van der Waals surface area contributed by atoms with E-state index in [1.54, 1.807) is 12.0 Å². The molecule has 0 atom stereocenters. The summed E-state index contributed by atoms with van der Waals surface area (Å²) >= 11 is 0. The standard InChI is InChI=1S/C22H28N2O3/c1-16-6-5-7-21(17(16)2)24(18(3)25)15-13-22(26)23-14-12-19-8-10-20(27-4)11-9-19/h5-11H,12-15H2,1-4H3,(H,23,26). The van der Waals surface area contributed by atoms with Crippen molar-refractivity contribution in [3.63, 3.8) is 0 Å². The van der Waals surface area contributed by atoms with Crippen molar-refractivity contribution in [2.24, 2.45) is 0 Å². The molecular formula is C22H28N2O3. The van der Waals surface area contributed by atoms with Crippen LogP contribution < -0.4 is 15.0 Å². The van der Waals surface area contributed by atoms with Crippen molar-refractivity contribution >= 4 is 17.5 Å². The molecule has 0 bridgehead atoms. The second-order valence-corrected chi connectivity index (χ2v) is 6.59. The van der Waals surface area contributed by atoms with Crippen LogP contribution in [0.3, 0.4) is 0 Å². The summed E-state index contributed by atoms with van der Waals surface area (Å²) < 4.78 is 5.14. The third kappa shape index (κ3) is 5.84. The maximum Gasteiger partial charge on any atom is 0.223 e. The van der Waals surface area contributed by atoms with E-state index in [-0.39, 0.29) is 18.2 Å². The van der Waals surface area contributed by atoms with E-state index >= 15 is 0 Å². The van der Waals surface area contributed by atoms with Gasteiger partial charge in [0.25, 0.3) is 0 Å². The van der Waals surface area contributed by atoms with Gasteiger partial charge in [0.05, 0.1) is 7.11 Å². The number of hydrogen-bond donors (Lipinski definition) is 1. The van der Waals surface area contributed by atoms with E-state index in [1.165, 1.54) is 6.92 Å². The maximum atomic E-state index is 12.2. The predicted octanol–water partition coefficient (Wildman–Crippen LogP) is 3.41. The van der Waals surface area contributed by atoms with E-state index in [0.29, 0.717) is 13.1 Å². The van der Waals surface area contributed by atoms with E-state index in [4.69, 9.17) is 4.74 Å². The molecule has 2 rings (SSSR count). The molecule has 5 nitrogen and oxygen atoms in total. The molecule has 0 aromatic heterocycles. The van der Waals surface area contributed by atoms with Crippen LogP contribution in [0.15, 0.2) is 42.5 Å². The van der Waals surface area contributed by atoms with Crippen molar-refractivity contribution in [1.29, 1.82) is 0 Å². The lowest BCUT2D eigenvalue weighted by Gasteiger charge is -2.23. The molecule has 2 amide bonds. The van der Waals surface area contributed by atoms with Crippen LogP contribution in [0.25, 0.3) is 0 Å². The lowest BCUT2D eigenvalue weighted by atomic mass is 10.1. The van der Waals surface area contributed by atoms with Crippen LogP contribution in [0, 0.1) is 13.8 Å². The van der Waals surface area contributed by atoms with Gasteiger partial charge in [0, 0.05) is 32.1 Å². The molecular weight excluding hydrogens is 340 g/mol. The largest absolute Gasteiger partial charge is 0.497 e. The van der Waals surface area contributed by atoms with Crippen molar-refractivity contribution in [1.82, 2.24) is 5.32 Å². The van der Waals surface area contributed by atoms with Gasteiger partial charge in [-0.05, 0) is 55.2 Å². The average Bonchev–Trinajstić information content (AvgIpc) is 2.65. The van der Waals surface area contributed by atoms with Gasteiger partial charge in [-0.2, -0.15) is 0 Å². The van der Waals surface area contributed by atoms with Gasteiger partial charge in [-0.25, -0.2) is 0 Å². The van der Waals surface area contributed by atoms with Gasteiger partial charge in [-0.15, -0.1) is 0 Å². The normalized spacial score (nSPS) is 10.4. The summed E-state index contributed by atoms with van der Waals surface area (Å²) in [4.78, 5) is 25.9. The van der Waals surface area contributed by atoms with Crippen molar-refractivity contribution in [3.8, 4) is 5.75 Å². The Morgan fingerprint density at radius 2 is 1.78 bits per heavy atom. The first-order valence-electron chi connectivity index (χ1n) is 9.16. The lowest BCUT2D eigenvalue weighted by molar-refractivity contribution is -0.121. The summed E-state index contributed by atoms with van der Waals surface area (Å²) in [6.07, 6.45) is 1.03. The molecule has 0 radical (unpaired) electrons. The van der Waals surface area contributed by atoms with Gasteiger partial charge in [-0.3, -0.25) is 9.59 Å². The van der Waals surface area contributed by atoms with Crippen molar-refractivity contribution < 1.29 is 14.3 Å². The van der Waals surface area contributed by atoms with Gasteiger partial charge in [0.15, 0.2) is 0 Å². The summed E-state index contributed by atoms with van der Waals surface area (Å²) in [5.74, 6) is 0.702. The molecule has 0 fully saturated rings. The fourth-order valence-corrected chi connectivity index (χ4v) is 2.92.